The molecule has 2 aliphatic heterocycles. The van der Waals surface area contributed by atoms with Crippen molar-refractivity contribution in [2.45, 2.75) is 32.2 Å². The van der Waals surface area contributed by atoms with Crippen LogP contribution in [0.25, 0.3) is 0 Å². The molecule has 2 heterocycles. The molecule has 0 aliphatic carbocycles. The maximum Gasteiger partial charge on any atom is 0.236 e. The van der Waals surface area contributed by atoms with Crippen molar-refractivity contribution in [1.82, 2.24) is 20.0 Å². The molecule has 0 bridgehead atoms. The van der Waals surface area contributed by atoms with Crippen molar-refractivity contribution < 1.29 is 9.59 Å². The molecule has 2 amide bonds. The van der Waals surface area contributed by atoms with Crippen molar-refractivity contribution in [2.24, 2.45) is 0 Å². The van der Waals surface area contributed by atoms with Crippen LogP contribution in [-0.4, -0.2) is 78.9 Å². The van der Waals surface area contributed by atoms with Gasteiger partial charge >= 0.3 is 0 Å². The normalized spacial score (nSPS) is 19.2. The van der Waals surface area contributed by atoms with E-state index in [0.717, 1.165) is 57.7 Å². The second-order valence-corrected chi connectivity index (χ2v) is 8.19. The third-order valence-electron chi connectivity index (χ3n) is 5.53. The van der Waals surface area contributed by atoms with E-state index in [1.54, 1.807) is 0 Å². The number of halogens is 1. The molecule has 0 radical (unpaired) electrons. The predicted molar refractivity (Wildman–Crippen MR) is 111 cm³/mol. The van der Waals surface area contributed by atoms with Gasteiger partial charge in [-0.2, -0.15) is 0 Å². The molecule has 0 aromatic heterocycles. The summed E-state index contributed by atoms with van der Waals surface area (Å²) in [5.41, 5.74) is 0.998. The molecule has 7 heteroatoms. The van der Waals surface area contributed by atoms with Crippen molar-refractivity contribution in [1.29, 1.82) is 0 Å². The molecular formula is C21H31ClN4O2. The molecule has 3 rings (SSSR count). The fraction of sp³-hybridized carbons (Fsp3) is 0.619. The van der Waals surface area contributed by atoms with Gasteiger partial charge in [0.15, 0.2) is 0 Å². The number of amides is 2. The summed E-state index contributed by atoms with van der Waals surface area (Å²) in [6, 6.07) is 7.52. The van der Waals surface area contributed by atoms with Gasteiger partial charge in [-0.25, -0.2) is 0 Å². The van der Waals surface area contributed by atoms with Crippen LogP contribution in [0.1, 0.15) is 31.2 Å². The number of carbonyl (C=O) groups excluding carboxylic acids is 2. The van der Waals surface area contributed by atoms with Gasteiger partial charge in [0.2, 0.25) is 11.8 Å². The number of hydrogen-bond donors (Lipinski definition) is 1. The second kappa shape index (κ2) is 10.8. The van der Waals surface area contributed by atoms with Crippen LogP contribution in [0.2, 0.25) is 5.02 Å². The smallest absolute Gasteiger partial charge is 0.236 e. The van der Waals surface area contributed by atoms with Crippen molar-refractivity contribution in [3.05, 3.63) is 34.9 Å². The van der Waals surface area contributed by atoms with Crippen LogP contribution < -0.4 is 5.32 Å². The first-order chi connectivity index (χ1) is 13.6. The van der Waals surface area contributed by atoms with E-state index < -0.39 is 0 Å². The Hall–Kier alpha value is -1.63. The van der Waals surface area contributed by atoms with Gasteiger partial charge in [0.25, 0.3) is 0 Å². The van der Waals surface area contributed by atoms with Gasteiger partial charge in [0.05, 0.1) is 13.1 Å². The molecule has 2 fully saturated rings. The predicted octanol–water partition coefficient (Wildman–Crippen LogP) is 1.98. The van der Waals surface area contributed by atoms with Gasteiger partial charge < -0.3 is 10.2 Å². The van der Waals surface area contributed by atoms with Crippen LogP contribution >= 0.6 is 11.6 Å². The number of piperazine rings is 1. The minimum absolute atomic E-state index is 0.0223. The number of carbonyl (C=O) groups is 2. The zero-order valence-corrected chi connectivity index (χ0v) is 17.3. The Kier molecular flexibility index (Phi) is 8.13. The Morgan fingerprint density at radius 3 is 2.18 bits per heavy atom. The largest absolute Gasteiger partial charge is 0.351 e. The molecule has 28 heavy (non-hydrogen) atoms. The lowest BCUT2D eigenvalue weighted by Crippen LogP contribution is -2.52. The third kappa shape index (κ3) is 6.76. The first-order valence-electron chi connectivity index (χ1n) is 10.3. The van der Waals surface area contributed by atoms with E-state index in [0.29, 0.717) is 24.7 Å². The van der Waals surface area contributed by atoms with Gasteiger partial charge in [-0.05, 0) is 30.5 Å². The number of likely N-dealkylation sites (tertiary alicyclic amines) is 1. The third-order valence-corrected chi connectivity index (χ3v) is 5.76. The Balaban J connectivity index is 1.34. The summed E-state index contributed by atoms with van der Waals surface area (Å²) in [7, 11) is 0. The van der Waals surface area contributed by atoms with E-state index >= 15 is 0 Å². The van der Waals surface area contributed by atoms with Crippen LogP contribution in [-0.2, 0) is 16.1 Å². The molecule has 6 nitrogen and oxygen atoms in total. The van der Waals surface area contributed by atoms with E-state index in [9.17, 15) is 9.59 Å². The van der Waals surface area contributed by atoms with Crippen molar-refractivity contribution in [3.63, 3.8) is 0 Å². The van der Waals surface area contributed by atoms with E-state index in [1.165, 1.54) is 12.8 Å². The van der Waals surface area contributed by atoms with Crippen LogP contribution in [0.3, 0.4) is 0 Å². The van der Waals surface area contributed by atoms with E-state index in [4.69, 9.17) is 11.6 Å². The monoisotopic (exact) mass is 406 g/mol. The number of nitrogens with one attached hydrogen (secondary N) is 1. The fourth-order valence-electron chi connectivity index (χ4n) is 3.82. The molecule has 0 atom stereocenters. The summed E-state index contributed by atoms with van der Waals surface area (Å²) in [6.07, 6.45) is 4.73. The first kappa shape index (κ1) is 21.1. The molecule has 154 valence electrons. The zero-order valence-electron chi connectivity index (χ0n) is 16.5. The Labute approximate surface area is 172 Å². The lowest BCUT2D eigenvalue weighted by molar-refractivity contribution is -0.133. The van der Waals surface area contributed by atoms with Crippen LogP contribution in [0, 0.1) is 0 Å². The zero-order chi connectivity index (χ0) is 19.8. The quantitative estimate of drug-likeness (QED) is 0.784. The Morgan fingerprint density at radius 2 is 1.54 bits per heavy atom. The highest BCUT2D eigenvalue weighted by Crippen LogP contribution is 2.12. The average Bonchev–Trinajstić information content (AvgIpc) is 2.98. The molecule has 2 aliphatic rings. The molecule has 0 unspecified atom stereocenters. The molecule has 1 N–H and O–H groups in total. The number of rotatable bonds is 6. The topological polar surface area (TPSA) is 55.9 Å². The molecule has 0 saturated carbocycles. The van der Waals surface area contributed by atoms with Crippen molar-refractivity contribution >= 4 is 23.4 Å². The fourth-order valence-corrected chi connectivity index (χ4v) is 4.04. The van der Waals surface area contributed by atoms with E-state index in [-0.39, 0.29) is 11.8 Å². The standard InChI is InChI=1S/C21H31ClN4O2/c22-19-7-5-6-18(14-19)15-23-20(27)16-24-10-12-25(13-11-24)17-21(28)26-8-3-1-2-4-9-26/h5-7,14H,1-4,8-13,15-17H2,(H,23,27). The first-order valence-corrected chi connectivity index (χ1v) is 10.7. The highest BCUT2D eigenvalue weighted by molar-refractivity contribution is 6.30. The summed E-state index contributed by atoms with van der Waals surface area (Å²) in [5.74, 6) is 0.281. The second-order valence-electron chi connectivity index (χ2n) is 7.75. The number of hydrogen-bond acceptors (Lipinski definition) is 4. The average molecular weight is 407 g/mol. The Bertz CT molecular complexity index is 654. The Morgan fingerprint density at radius 1 is 0.893 bits per heavy atom. The summed E-state index contributed by atoms with van der Waals surface area (Å²) >= 11 is 5.97. The van der Waals surface area contributed by atoms with Gasteiger partial charge in [0, 0.05) is 50.8 Å². The van der Waals surface area contributed by atoms with Gasteiger partial charge in [-0.1, -0.05) is 36.6 Å². The van der Waals surface area contributed by atoms with Crippen molar-refractivity contribution in [3.8, 4) is 0 Å². The lowest BCUT2D eigenvalue weighted by atomic mass is 10.2. The maximum absolute atomic E-state index is 12.5. The summed E-state index contributed by atoms with van der Waals surface area (Å²) in [5, 5.41) is 3.63. The number of benzene rings is 1. The lowest BCUT2D eigenvalue weighted by Gasteiger charge is -2.35. The maximum atomic E-state index is 12.5. The molecule has 1 aromatic rings. The molecular weight excluding hydrogens is 376 g/mol. The van der Waals surface area contributed by atoms with E-state index in [1.807, 2.05) is 29.2 Å². The highest BCUT2D eigenvalue weighted by atomic mass is 35.5. The number of nitrogens with zero attached hydrogens (tertiary/aromatic N) is 3. The SMILES string of the molecule is O=C(CN1CCN(CC(=O)N2CCCCCC2)CC1)NCc1cccc(Cl)c1. The van der Waals surface area contributed by atoms with Crippen molar-refractivity contribution in [2.75, 3.05) is 52.4 Å². The van der Waals surface area contributed by atoms with Gasteiger partial charge in [-0.15, -0.1) is 0 Å². The van der Waals surface area contributed by atoms with Gasteiger partial charge in [0.1, 0.15) is 0 Å². The minimum Gasteiger partial charge on any atom is -0.351 e. The molecule has 1 aromatic carbocycles. The molecule has 2 saturated heterocycles. The summed E-state index contributed by atoms with van der Waals surface area (Å²) < 4.78 is 0. The van der Waals surface area contributed by atoms with Crippen LogP contribution in [0.4, 0.5) is 0 Å². The van der Waals surface area contributed by atoms with Crippen LogP contribution in [0.15, 0.2) is 24.3 Å². The molecule has 0 spiro atoms. The highest BCUT2D eigenvalue weighted by Gasteiger charge is 2.23. The summed E-state index contributed by atoms with van der Waals surface area (Å²) in [4.78, 5) is 31.1. The van der Waals surface area contributed by atoms with Gasteiger partial charge in [-0.3, -0.25) is 19.4 Å². The summed E-state index contributed by atoms with van der Waals surface area (Å²) in [6.45, 7) is 6.52. The van der Waals surface area contributed by atoms with Crippen LogP contribution in [0.5, 0.6) is 0 Å². The van der Waals surface area contributed by atoms with E-state index in [2.05, 4.69) is 15.1 Å². The minimum atomic E-state index is 0.0223.